The highest BCUT2D eigenvalue weighted by Gasteiger charge is 2.32. The van der Waals surface area contributed by atoms with Crippen molar-refractivity contribution in [1.82, 2.24) is 15.1 Å². The Morgan fingerprint density at radius 1 is 1.45 bits per heavy atom. The van der Waals surface area contributed by atoms with Crippen LogP contribution in [0, 0.1) is 11.8 Å². The van der Waals surface area contributed by atoms with Gasteiger partial charge in [0.05, 0.1) is 16.4 Å². The highest BCUT2D eigenvalue weighted by Crippen LogP contribution is 2.42. The Morgan fingerprint density at radius 3 is 2.95 bits per heavy atom. The van der Waals surface area contributed by atoms with Crippen LogP contribution < -0.4 is 5.32 Å². The van der Waals surface area contributed by atoms with Crippen LogP contribution in [0.25, 0.3) is 0 Å². The summed E-state index contributed by atoms with van der Waals surface area (Å²) in [5.41, 5.74) is 1.43. The summed E-state index contributed by atoms with van der Waals surface area (Å²) in [6, 6.07) is 0. The van der Waals surface area contributed by atoms with Crippen molar-refractivity contribution in [3.05, 3.63) is 16.4 Å². The van der Waals surface area contributed by atoms with Gasteiger partial charge >= 0.3 is 0 Å². The van der Waals surface area contributed by atoms with E-state index in [1.807, 2.05) is 6.20 Å². The Balaban J connectivity index is 2.04. The summed E-state index contributed by atoms with van der Waals surface area (Å²) >= 11 is 3.71. The number of nitrogens with one attached hydrogen (secondary N) is 1. The quantitative estimate of drug-likeness (QED) is 0.805. The molecule has 1 saturated carbocycles. The maximum Gasteiger partial charge on any atom is 0.0635 e. The van der Waals surface area contributed by atoms with E-state index in [4.69, 9.17) is 0 Å². The van der Waals surface area contributed by atoms with E-state index >= 15 is 0 Å². The van der Waals surface area contributed by atoms with Gasteiger partial charge in [0, 0.05) is 12.5 Å². The normalized spacial score (nSPS) is 22.9. The lowest BCUT2D eigenvalue weighted by atomic mass is 9.92. The zero-order valence-electron chi connectivity index (χ0n) is 13.0. The Bertz CT molecular complexity index is 414. The molecule has 2 rings (SSSR count). The van der Waals surface area contributed by atoms with Gasteiger partial charge in [-0.1, -0.05) is 27.2 Å². The number of aromatic nitrogens is 2. The van der Waals surface area contributed by atoms with Gasteiger partial charge < -0.3 is 5.32 Å². The second-order valence-electron chi connectivity index (χ2n) is 6.45. The summed E-state index contributed by atoms with van der Waals surface area (Å²) in [4.78, 5) is 0. The second-order valence-corrected chi connectivity index (χ2v) is 7.30. The maximum atomic E-state index is 4.54. The molecule has 0 spiro atoms. The molecule has 0 bridgehead atoms. The summed E-state index contributed by atoms with van der Waals surface area (Å²) in [6.45, 7) is 10.1. The first-order valence-electron chi connectivity index (χ1n) is 8.05. The molecular weight excluding hydrogens is 314 g/mol. The van der Waals surface area contributed by atoms with Crippen LogP contribution in [0.2, 0.25) is 0 Å². The van der Waals surface area contributed by atoms with Crippen LogP contribution in [0.5, 0.6) is 0 Å². The third-order valence-corrected chi connectivity index (χ3v) is 4.85. The molecule has 1 aliphatic rings. The molecule has 20 heavy (non-hydrogen) atoms. The lowest BCUT2D eigenvalue weighted by molar-refractivity contribution is 0.404. The number of hydrogen-bond donors (Lipinski definition) is 1. The molecule has 2 atom stereocenters. The van der Waals surface area contributed by atoms with Gasteiger partial charge in [-0.2, -0.15) is 5.10 Å². The largest absolute Gasteiger partial charge is 0.316 e. The predicted octanol–water partition coefficient (Wildman–Crippen LogP) is 4.18. The van der Waals surface area contributed by atoms with E-state index in [0.717, 1.165) is 37.9 Å². The van der Waals surface area contributed by atoms with E-state index in [2.05, 4.69) is 51.8 Å². The summed E-state index contributed by atoms with van der Waals surface area (Å²) in [6.07, 6.45) is 7.12. The monoisotopic (exact) mass is 341 g/mol. The number of aryl methyl sites for hydroxylation is 1. The van der Waals surface area contributed by atoms with Gasteiger partial charge in [-0.3, -0.25) is 4.68 Å². The fraction of sp³-hybridized carbons (Fsp3) is 0.812. The fourth-order valence-electron chi connectivity index (χ4n) is 3.33. The Labute approximate surface area is 131 Å². The van der Waals surface area contributed by atoms with E-state index in [9.17, 15) is 0 Å². The molecular formula is C16H28BrN3. The van der Waals surface area contributed by atoms with Crippen molar-refractivity contribution in [2.24, 2.45) is 11.8 Å². The summed E-state index contributed by atoms with van der Waals surface area (Å²) in [7, 11) is 0. The molecule has 3 nitrogen and oxygen atoms in total. The fourth-order valence-corrected chi connectivity index (χ4v) is 3.92. The average Bonchev–Trinajstić information content (AvgIpc) is 2.97. The number of hydrogen-bond acceptors (Lipinski definition) is 2. The minimum atomic E-state index is 0.665. The van der Waals surface area contributed by atoms with Crippen LogP contribution in [-0.2, 0) is 6.54 Å². The van der Waals surface area contributed by atoms with Crippen molar-refractivity contribution >= 4 is 15.9 Å². The standard InChI is InChI=1S/C16H28BrN3/c1-4-8-20-16(15(17)11-19-20)14-7-5-6-13(14)10-18-9-12(2)3/h11-14,18H,4-10H2,1-3H3. The molecule has 0 amide bonds. The Hall–Kier alpha value is -0.350. The van der Waals surface area contributed by atoms with Crippen molar-refractivity contribution in [3.8, 4) is 0 Å². The van der Waals surface area contributed by atoms with Gasteiger partial charge in [0.15, 0.2) is 0 Å². The molecule has 0 aromatic carbocycles. The summed E-state index contributed by atoms with van der Waals surface area (Å²) in [5.74, 6) is 2.16. The third-order valence-electron chi connectivity index (χ3n) is 4.24. The van der Waals surface area contributed by atoms with Gasteiger partial charge in [-0.25, -0.2) is 0 Å². The zero-order chi connectivity index (χ0) is 14.5. The van der Waals surface area contributed by atoms with Gasteiger partial charge in [-0.05, 0) is 60.1 Å². The molecule has 1 N–H and O–H groups in total. The molecule has 0 radical (unpaired) electrons. The van der Waals surface area contributed by atoms with Gasteiger partial charge in [0.2, 0.25) is 0 Å². The van der Waals surface area contributed by atoms with Crippen molar-refractivity contribution in [2.45, 2.75) is 58.9 Å². The van der Waals surface area contributed by atoms with Gasteiger partial charge in [-0.15, -0.1) is 0 Å². The molecule has 0 saturated heterocycles. The average molecular weight is 342 g/mol. The lowest BCUT2D eigenvalue weighted by Gasteiger charge is -2.22. The topological polar surface area (TPSA) is 29.9 Å². The van der Waals surface area contributed by atoms with Crippen LogP contribution in [0.1, 0.15) is 58.1 Å². The first-order valence-corrected chi connectivity index (χ1v) is 8.84. The van der Waals surface area contributed by atoms with Crippen LogP contribution in [0.4, 0.5) is 0 Å². The van der Waals surface area contributed by atoms with E-state index in [1.54, 1.807) is 0 Å². The van der Waals surface area contributed by atoms with Crippen LogP contribution in [0.3, 0.4) is 0 Å². The summed E-state index contributed by atoms with van der Waals surface area (Å²) in [5, 5.41) is 8.19. The van der Waals surface area contributed by atoms with E-state index < -0.39 is 0 Å². The molecule has 1 aliphatic carbocycles. The smallest absolute Gasteiger partial charge is 0.0635 e. The van der Waals surface area contributed by atoms with Crippen molar-refractivity contribution in [1.29, 1.82) is 0 Å². The highest BCUT2D eigenvalue weighted by molar-refractivity contribution is 9.10. The molecule has 2 unspecified atom stereocenters. The minimum Gasteiger partial charge on any atom is -0.316 e. The Kier molecular flexibility index (Phi) is 6.09. The van der Waals surface area contributed by atoms with E-state index in [-0.39, 0.29) is 0 Å². The maximum absolute atomic E-state index is 4.54. The molecule has 0 aliphatic heterocycles. The van der Waals surface area contributed by atoms with Crippen molar-refractivity contribution in [3.63, 3.8) is 0 Å². The Morgan fingerprint density at radius 2 is 2.25 bits per heavy atom. The van der Waals surface area contributed by atoms with Gasteiger partial charge in [0.1, 0.15) is 0 Å². The van der Waals surface area contributed by atoms with Crippen LogP contribution in [0.15, 0.2) is 10.7 Å². The lowest BCUT2D eigenvalue weighted by Crippen LogP contribution is -2.28. The number of nitrogens with zero attached hydrogens (tertiary/aromatic N) is 2. The van der Waals surface area contributed by atoms with Crippen molar-refractivity contribution in [2.75, 3.05) is 13.1 Å². The van der Waals surface area contributed by atoms with Crippen molar-refractivity contribution < 1.29 is 0 Å². The molecule has 1 aromatic rings. The molecule has 114 valence electrons. The predicted molar refractivity (Wildman–Crippen MR) is 88.0 cm³/mol. The molecule has 4 heteroatoms. The molecule has 1 heterocycles. The molecule has 1 fully saturated rings. The summed E-state index contributed by atoms with van der Waals surface area (Å²) < 4.78 is 3.42. The third kappa shape index (κ3) is 3.85. The zero-order valence-corrected chi connectivity index (χ0v) is 14.6. The second kappa shape index (κ2) is 7.60. The first-order chi connectivity index (χ1) is 9.63. The van der Waals surface area contributed by atoms with Gasteiger partial charge in [0.25, 0.3) is 0 Å². The SMILES string of the molecule is CCCn1ncc(Br)c1C1CCCC1CNCC(C)C. The number of rotatable bonds is 7. The minimum absolute atomic E-state index is 0.665. The highest BCUT2D eigenvalue weighted by atomic mass is 79.9. The number of halogens is 1. The van der Waals surface area contributed by atoms with E-state index in [0.29, 0.717) is 5.92 Å². The molecule has 1 aromatic heterocycles. The van der Waals surface area contributed by atoms with Crippen LogP contribution >= 0.6 is 15.9 Å². The van der Waals surface area contributed by atoms with Crippen LogP contribution in [-0.4, -0.2) is 22.9 Å². The first kappa shape index (κ1) is 16.0. The van der Waals surface area contributed by atoms with E-state index in [1.165, 1.54) is 29.4 Å².